The molecule has 0 aliphatic rings. The summed E-state index contributed by atoms with van der Waals surface area (Å²) >= 11 is 0. The van der Waals surface area contributed by atoms with E-state index in [0.29, 0.717) is 12.5 Å². The number of benzene rings is 1. The lowest BCUT2D eigenvalue weighted by Crippen LogP contribution is -2.08. The van der Waals surface area contributed by atoms with E-state index < -0.39 is 0 Å². The molecule has 2 aromatic rings. The van der Waals surface area contributed by atoms with E-state index in [0.717, 1.165) is 22.2 Å². The van der Waals surface area contributed by atoms with Gasteiger partial charge in [-0.1, -0.05) is 26.0 Å². The van der Waals surface area contributed by atoms with Crippen molar-refractivity contribution in [3.8, 4) is 5.75 Å². The molecule has 18 heavy (non-hydrogen) atoms. The standard InChI is InChI=1S/C15H20N2O/c1-10(2)9-18-14-7-6-12(11(3)16)13-5-4-8-17-15(13)14/h4-8,10-11H,9,16H2,1-3H3. The van der Waals surface area contributed by atoms with Gasteiger partial charge in [0.25, 0.3) is 0 Å². The first-order chi connectivity index (χ1) is 8.59. The van der Waals surface area contributed by atoms with E-state index in [1.807, 2.05) is 31.2 Å². The second kappa shape index (κ2) is 5.36. The van der Waals surface area contributed by atoms with Gasteiger partial charge in [0, 0.05) is 17.6 Å². The molecule has 1 aromatic heterocycles. The Morgan fingerprint density at radius 3 is 2.67 bits per heavy atom. The lowest BCUT2D eigenvalue weighted by Gasteiger charge is -2.14. The molecule has 2 N–H and O–H groups in total. The first-order valence-electron chi connectivity index (χ1n) is 6.35. The van der Waals surface area contributed by atoms with Gasteiger partial charge in [0.2, 0.25) is 0 Å². The van der Waals surface area contributed by atoms with Gasteiger partial charge in [-0.3, -0.25) is 4.98 Å². The molecule has 0 radical (unpaired) electrons. The Morgan fingerprint density at radius 2 is 2.00 bits per heavy atom. The van der Waals surface area contributed by atoms with Crippen LogP contribution in [0, 0.1) is 5.92 Å². The average Bonchev–Trinajstić information content (AvgIpc) is 2.35. The van der Waals surface area contributed by atoms with Crippen LogP contribution in [0.3, 0.4) is 0 Å². The Kier molecular flexibility index (Phi) is 3.82. The Bertz CT molecular complexity index is 535. The molecule has 0 aliphatic carbocycles. The molecule has 1 heterocycles. The van der Waals surface area contributed by atoms with Crippen LogP contribution in [0.5, 0.6) is 5.75 Å². The van der Waals surface area contributed by atoms with E-state index in [2.05, 4.69) is 18.8 Å². The van der Waals surface area contributed by atoms with E-state index in [-0.39, 0.29) is 6.04 Å². The highest BCUT2D eigenvalue weighted by atomic mass is 16.5. The smallest absolute Gasteiger partial charge is 0.145 e. The molecule has 0 amide bonds. The molecule has 1 unspecified atom stereocenters. The molecule has 1 atom stereocenters. The third-order valence-corrected chi connectivity index (χ3v) is 2.83. The van der Waals surface area contributed by atoms with Crippen LogP contribution in [0.1, 0.15) is 32.4 Å². The van der Waals surface area contributed by atoms with E-state index in [1.54, 1.807) is 6.20 Å². The molecule has 0 fully saturated rings. The number of ether oxygens (including phenoxy) is 1. The van der Waals surface area contributed by atoms with Gasteiger partial charge in [-0.2, -0.15) is 0 Å². The predicted molar refractivity (Wildman–Crippen MR) is 74.7 cm³/mol. The molecule has 0 spiro atoms. The van der Waals surface area contributed by atoms with Crippen molar-refractivity contribution >= 4 is 10.9 Å². The maximum Gasteiger partial charge on any atom is 0.145 e. The summed E-state index contributed by atoms with van der Waals surface area (Å²) in [6.07, 6.45) is 1.79. The number of hydrogen-bond acceptors (Lipinski definition) is 3. The van der Waals surface area contributed by atoms with Crippen molar-refractivity contribution in [1.82, 2.24) is 4.98 Å². The minimum atomic E-state index is -0.00384. The third-order valence-electron chi connectivity index (χ3n) is 2.83. The summed E-state index contributed by atoms with van der Waals surface area (Å²) in [7, 11) is 0. The normalized spacial score (nSPS) is 12.9. The van der Waals surface area contributed by atoms with E-state index in [9.17, 15) is 0 Å². The molecule has 0 bridgehead atoms. The number of nitrogens with two attached hydrogens (primary N) is 1. The van der Waals surface area contributed by atoms with Crippen LogP contribution >= 0.6 is 0 Å². The van der Waals surface area contributed by atoms with Gasteiger partial charge in [-0.15, -0.1) is 0 Å². The van der Waals surface area contributed by atoms with Crippen LogP contribution in [-0.2, 0) is 0 Å². The van der Waals surface area contributed by atoms with Crippen LogP contribution in [0.15, 0.2) is 30.5 Å². The van der Waals surface area contributed by atoms with Crippen LogP contribution in [0.4, 0.5) is 0 Å². The molecule has 1 aromatic carbocycles. The third kappa shape index (κ3) is 2.62. The Balaban J connectivity index is 2.47. The fourth-order valence-electron chi connectivity index (χ4n) is 1.94. The van der Waals surface area contributed by atoms with Crippen molar-refractivity contribution in [2.24, 2.45) is 11.7 Å². The summed E-state index contributed by atoms with van der Waals surface area (Å²) in [5.41, 5.74) is 7.99. The summed E-state index contributed by atoms with van der Waals surface area (Å²) in [6, 6.07) is 7.97. The van der Waals surface area contributed by atoms with Crippen LogP contribution in [-0.4, -0.2) is 11.6 Å². The number of pyridine rings is 1. The summed E-state index contributed by atoms with van der Waals surface area (Å²) < 4.78 is 5.81. The maximum absolute atomic E-state index is 5.98. The summed E-state index contributed by atoms with van der Waals surface area (Å²) in [4.78, 5) is 4.42. The van der Waals surface area contributed by atoms with Crippen molar-refractivity contribution in [1.29, 1.82) is 0 Å². The highest BCUT2D eigenvalue weighted by molar-refractivity contribution is 5.87. The van der Waals surface area contributed by atoms with Crippen molar-refractivity contribution in [3.05, 3.63) is 36.0 Å². The SMILES string of the molecule is CC(C)COc1ccc(C(C)N)c2cccnc12. The minimum absolute atomic E-state index is 0.00384. The zero-order valence-corrected chi connectivity index (χ0v) is 11.2. The molecular formula is C15H20N2O. The number of nitrogens with zero attached hydrogens (tertiary/aromatic N) is 1. The van der Waals surface area contributed by atoms with Gasteiger partial charge in [0.05, 0.1) is 6.61 Å². The van der Waals surface area contributed by atoms with Crippen molar-refractivity contribution in [3.63, 3.8) is 0 Å². The summed E-state index contributed by atoms with van der Waals surface area (Å²) in [6.45, 7) is 6.94. The Morgan fingerprint density at radius 1 is 1.22 bits per heavy atom. The lowest BCUT2D eigenvalue weighted by atomic mass is 10.0. The van der Waals surface area contributed by atoms with Gasteiger partial charge in [-0.05, 0) is 30.5 Å². The molecular weight excluding hydrogens is 224 g/mol. The van der Waals surface area contributed by atoms with E-state index in [4.69, 9.17) is 10.5 Å². The van der Waals surface area contributed by atoms with E-state index in [1.165, 1.54) is 0 Å². The van der Waals surface area contributed by atoms with Gasteiger partial charge in [0.1, 0.15) is 11.3 Å². The monoisotopic (exact) mass is 244 g/mol. The molecule has 0 aliphatic heterocycles. The van der Waals surface area contributed by atoms with Crippen LogP contribution in [0.25, 0.3) is 10.9 Å². The highest BCUT2D eigenvalue weighted by Crippen LogP contribution is 2.29. The van der Waals surface area contributed by atoms with Crippen molar-refractivity contribution < 1.29 is 4.74 Å². The number of hydrogen-bond donors (Lipinski definition) is 1. The predicted octanol–water partition coefficient (Wildman–Crippen LogP) is 3.29. The van der Waals surface area contributed by atoms with Gasteiger partial charge < -0.3 is 10.5 Å². The Labute approximate surface area is 108 Å². The maximum atomic E-state index is 5.98. The molecule has 3 heteroatoms. The fourth-order valence-corrected chi connectivity index (χ4v) is 1.94. The second-order valence-corrected chi connectivity index (χ2v) is 5.05. The first-order valence-corrected chi connectivity index (χ1v) is 6.35. The highest BCUT2D eigenvalue weighted by Gasteiger charge is 2.10. The molecule has 0 saturated carbocycles. The second-order valence-electron chi connectivity index (χ2n) is 5.05. The quantitative estimate of drug-likeness (QED) is 0.897. The molecule has 2 rings (SSSR count). The first kappa shape index (κ1) is 12.8. The molecule has 96 valence electrons. The molecule has 3 nitrogen and oxygen atoms in total. The van der Waals surface area contributed by atoms with Crippen LogP contribution < -0.4 is 10.5 Å². The number of rotatable bonds is 4. The van der Waals surface area contributed by atoms with Crippen LogP contribution in [0.2, 0.25) is 0 Å². The van der Waals surface area contributed by atoms with Gasteiger partial charge in [-0.25, -0.2) is 0 Å². The topological polar surface area (TPSA) is 48.1 Å². The Hall–Kier alpha value is -1.61. The summed E-state index contributed by atoms with van der Waals surface area (Å²) in [5.74, 6) is 1.33. The lowest BCUT2D eigenvalue weighted by molar-refractivity contribution is 0.273. The van der Waals surface area contributed by atoms with Gasteiger partial charge in [0.15, 0.2) is 0 Å². The van der Waals surface area contributed by atoms with Crippen molar-refractivity contribution in [2.75, 3.05) is 6.61 Å². The fraction of sp³-hybridized carbons (Fsp3) is 0.400. The molecule has 0 saturated heterocycles. The average molecular weight is 244 g/mol. The number of aromatic nitrogens is 1. The minimum Gasteiger partial charge on any atom is -0.491 e. The summed E-state index contributed by atoms with van der Waals surface area (Å²) in [5, 5.41) is 1.08. The largest absolute Gasteiger partial charge is 0.491 e. The van der Waals surface area contributed by atoms with Gasteiger partial charge >= 0.3 is 0 Å². The van der Waals surface area contributed by atoms with Crippen molar-refractivity contribution in [2.45, 2.75) is 26.8 Å². The number of fused-ring (bicyclic) bond motifs is 1. The zero-order chi connectivity index (χ0) is 13.1. The zero-order valence-electron chi connectivity index (χ0n) is 11.2. The van der Waals surface area contributed by atoms with E-state index >= 15 is 0 Å².